The monoisotopic (exact) mass is 266 g/mol. The Morgan fingerprint density at radius 1 is 1.32 bits per heavy atom. The molecule has 19 heavy (non-hydrogen) atoms. The summed E-state index contributed by atoms with van der Waals surface area (Å²) in [7, 11) is 1.56. The Morgan fingerprint density at radius 3 is 2.37 bits per heavy atom. The summed E-state index contributed by atoms with van der Waals surface area (Å²) in [5, 5.41) is 19.6. The van der Waals surface area contributed by atoms with Crippen LogP contribution in [-0.2, 0) is 0 Å². The van der Waals surface area contributed by atoms with Gasteiger partial charge in [0.2, 0.25) is 0 Å². The van der Waals surface area contributed by atoms with E-state index in [9.17, 15) is 19.7 Å². The van der Waals surface area contributed by atoms with Crippen molar-refractivity contribution in [2.75, 3.05) is 13.6 Å². The second kappa shape index (κ2) is 5.94. The van der Waals surface area contributed by atoms with E-state index in [4.69, 9.17) is 5.11 Å². The Bertz CT molecular complexity index is 495. The molecular formula is C12H14N2O5. The second-order valence-electron chi connectivity index (χ2n) is 4.06. The van der Waals surface area contributed by atoms with E-state index in [0.29, 0.717) is 6.54 Å². The van der Waals surface area contributed by atoms with Crippen LogP contribution in [0.15, 0.2) is 18.2 Å². The molecule has 7 nitrogen and oxygen atoms in total. The van der Waals surface area contributed by atoms with E-state index in [-0.39, 0.29) is 11.1 Å². The number of rotatable bonds is 5. The zero-order valence-corrected chi connectivity index (χ0v) is 10.6. The molecule has 0 unspecified atom stereocenters. The number of carbonyl (C=O) groups excluding carboxylic acids is 1. The molecule has 0 atom stereocenters. The predicted molar refractivity (Wildman–Crippen MR) is 67.3 cm³/mol. The molecule has 1 rings (SSSR count). The first kappa shape index (κ1) is 14.6. The molecule has 0 aliphatic rings. The van der Waals surface area contributed by atoms with Gasteiger partial charge in [0.15, 0.2) is 0 Å². The van der Waals surface area contributed by atoms with E-state index in [1.807, 2.05) is 6.92 Å². The lowest BCUT2D eigenvalue weighted by Gasteiger charge is -2.16. The molecular weight excluding hydrogens is 252 g/mol. The van der Waals surface area contributed by atoms with E-state index in [1.54, 1.807) is 7.05 Å². The van der Waals surface area contributed by atoms with Crippen molar-refractivity contribution >= 4 is 17.6 Å². The summed E-state index contributed by atoms with van der Waals surface area (Å²) in [5.41, 5.74) is -0.682. The maximum absolute atomic E-state index is 12.0. The normalized spacial score (nSPS) is 10.0. The van der Waals surface area contributed by atoms with Crippen molar-refractivity contribution in [1.82, 2.24) is 4.90 Å². The molecule has 0 aliphatic heterocycles. The number of nitro benzene ring substituents is 1. The Labute approximate surface area is 109 Å². The van der Waals surface area contributed by atoms with Crippen molar-refractivity contribution < 1.29 is 19.6 Å². The topological polar surface area (TPSA) is 101 Å². The first-order valence-corrected chi connectivity index (χ1v) is 5.65. The summed E-state index contributed by atoms with van der Waals surface area (Å²) in [6.07, 6.45) is 0.739. The lowest BCUT2D eigenvalue weighted by molar-refractivity contribution is -0.384. The minimum atomic E-state index is -1.31. The first-order chi connectivity index (χ1) is 8.86. The first-order valence-electron chi connectivity index (χ1n) is 5.65. The summed E-state index contributed by atoms with van der Waals surface area (Å²) >= 11 is 0. The number of benzene rings is 1. The van der Waals surface area contributed by atoms with Crippen LogP contribution in [0.5, 0.6) is 0 Å². The van der Waals surface area contributed by atoms with Gasteiger partial charge in [-0.15, -0.1) is 0 Å². The number of carboxylic acid groups (broad SMARTS) is 1. The van der Waals surface area contributed by atoms with Crippen molar-refractivity contribution in [3.05, 3.63) is 39.4 Å². The Kier molecular flexibility index (Phi) is 4.57. The maximum atomic E-state index is 12.0. The highest BCUT2D eigenvalue weighted by Crippen LogP contribution is 2.18. The summed E-state index contributed by atoms with van der Waals surface area (Å²) in [5.74, 6) is -1.75. The van der Waals surface area contributed by atoms with Crippen molar-refractivity contribution in [1.29, 1.82) is 0 Å². The Hall–Kier alpha value is -2.44. The van der Waals surface area contributed by atoms with Gasteiger partial charge in [0.1, 0.15) is 0 Å². The van der Waals surface area contributed by atoms with Gasteiger partial charge in [0.25, 0.3) is 11.6 Å². The second-order valence-corrected chi connectivity index (χ2v) is 4.06. The molecule has 0 heterocycles. The van der Waals surface area contributed by atoms with Crippen molar-refractivity contribution in [2.45, 2.75) is 13.3 Å². The molecule has 1 aromatic rings. The van der Waals surface area contributed by atoms with Gasteiger partial charge in [0.05, 0.1) is 10.5 Å². The van der Waals surface area contributed by atoms with Gasteiger partial charge in [-0.2, -0.15) is 0 Å². The summed E-state index contributed by atoms with van der Waals surface area (Å²) in [4.78, 5) is 34.3. The summed E-state index contributed by atoms with van der Waals surface area (Å²) < 4.78 is 0. The molecule has 0 bridgehead atoms. The van der Waals surface area contributed by atoms with Crippen LogP contribution in [-0.4, -0.2) is 40.4 Å². The fourth-order valence-electron chi connectivity index (χ4n) is 1.62. The van der Waals surface area contributed by atoms with Gasteiger partial charge in [-0.3, -0.25) is 14.9 Å². The minimum absolute atomic E-state index is 0.00236. The third-order valence-corrected chi connectivity index (χ3v) is 2.53. The fourth-order valence-corrected chi connectivity index (χ4v) is 1.62. The fraction of sp³-hybridized carbons (Fsp3) is 0.333. The Morgan fingerprint density at radius 2 is 1.89 bits per heavy atom. The van der Waals surface area contributed by atoms with E-state index >= 15 is 0 Å². The van der Waals surface area contributed by atoms with Gasteiger partial charge in [-0.25, -0.2) is 4.79 Å². The third kappa shape index (κ3) is 3.51. The number of aromatic carboxylic acids is 1. The van der Waals surface area contributed by atoms with Gasteiger partial charge in [-0.1, -0.05) is 6.92 Å². The number of carbonyl (C=O) groups is 2. The van der Waals surface area contributed by atoms with E-state index in [2.05, 4.69) is 0 Å². The van der Waals surface area contributed by atoms with Crippen LogP contribution in [0.25, 0.3) is 0 Å². The zero-order valence-electron chi connectivity index (χ0n) is 10.6. The molecule has 0 saturated carbocycles. The Balaban J connectivity index is 3.23. The molecule has 102 valence electrons. The number of nitro groups is 1. The average Bonchev–Trinajstić information content (AvgIpc) is 2.37. The molecule has 0 spiro atoms. The van der Waals surface area contributed by atoms with Crippen molar-refractivity contribution in [2.24, 2.45) is 0 Å². The van der Waals surface area contributed by atoms with Crippen LogP contribution in [0.4, 0.5) is 5.69 Å². The largest absolute Gasteiger partial charge is 0.478 e. The molecule has 1 aromatic carbocycles. The maximum Gasteiger partial charge on any atom is 0.335 e. The smallest absolute Gasteiger partial charge is 0.335 e. The number of hydrogen-bond donors (Lipinski definition) is 1. The predicted octanol–water partition coefficient (Wildman–Crippen LogP) is 1.78. The number of non-ortho nitro benzene ring substituents is 1. The number of carboxylic acids is 1. The SMILES string of the molecule is CCCN(C)C(=O)c1cc(C(=O)O)cc([N+](=O)[O-])c1. The molecule has 0 radical (unpaired) electrons. The van der Waals surface area contributed by atoms with Crippen LogP contribution in [0, 0.1) is 10.1 Å². The lowest BCUT2D eigenvalue weighted by Crippen LogP contribution is -2.27. The van der Waals surface area contributed by atoms with Gasteiger partial charge in [0, 0.05) is 31.3 Å². The van der Waals surface area contributed by atoms with Crippen LogP contribution in [0.1, 0.15) is 34.1 Å². The lowest BCUT2D eigenvalue weighted by atomic mass is 10.1. The van der Waals surface area contributed by atoms with E-state index in [1.165, 1.54) is 4.90 Å². The highest BCUT2D eigenvalue weighted by Gasteiger charge is 2.19. The summed E-state index contributed by atoms with van der Waals surface area (Å²) in [6, 6.07) is 3.16. The van der Waals surface area contributed by atoms with Crippen LogP contribution in [0.3, 0.4) is 0 Å². The van der Waals surface area contributed by atoms with Gasteiger partial charge < -0.3 is 10.0 Å². The summed E-state index contributed by atoms with van der Waals surface area (Å²) in [6.45, 7) is 2.38. The highest BCUT2D eigenvalue weighted by molar-refractivity contribution is 5.98. The molecule has 1 N–H and O–H groups in total. The molecule has 0 saturated heterocycles. The zero-order chi connectivity index (χ0) is 14.6. The molecule has 7 heteroatoms. The average molecular weight is 266 g/mol. The van der Waals surface area contributed by atoms with Crippen molar-refractivity contribution in [3.8, 4) is 0 Å². The molecule has 1 amide bonds. The number of nitrogens with zero attached hydrogens (tertiary/aromatic N) is 2. The minimum Gasteiger partial charge on any atom is -0.478 e. The van der Waals surface area contributed by atoms with Gasteiger partial charge in [-0.05, 0) is 12.5 Å². The van der Waals surface area contributed by atoms with Crippen LogP contribution in [0.2, 0.25) is 0 Å². The molecule has 0 aromatic heterocycles. The standard InChI is InChI=1S/C12H14N2O5/c1-3-4-13(2)11(15)8-5-9(12(16)17)7-10(6-8)14(18)19/h5-7H,3-4H2,1-2H3,(H,16,17). The quantitative estimate of drug-likeness (QED) is 0.646. The highest BCUT2D eigenvalue weighted by atomic mass is 16.6. The van der Waals surface area contributed by atoms with Crippen LogP contribution < -0.4 is 0 Å². The number of hydrogen-bond acceptors (Lipinski definition) is 4. The third-order valence-electron chi connectivity index (χ3n) is 2.53. The van der Waals surface area contributed by atoms with Crippen molar-refractivity contribution in [3.63, 3.8) is 0 Å². The van der Waals surface area contributed by atoms with E-state index in [0.717, 1.165) is 24.6 Å². The molecule has 0 aliphatic carbocycles. The number of amides is 1. The molecule has 0 fully saturated rings. The van der Waals surface area contributed by atoms with Gasteiger partial charge >= 0.3 is 5.97 Å². The van der Waals surface area contributed by atoms with Crippen LogP contribution >= 0.6 is 0 Å². The van der Waals surface area contributed by atoms with E-state index < -0.39 is 22.5 Å².